The van der Waals surface area contributed by atoms with Crippen LogP contribution in [-0.4, -0.2) is 37.7 Å². The lowest BCUT2D eigenvalue weighted by molar-refractivity contribution is 0.141. The molecule has 3 nitrogen and oxygen atoms in total. The molecule has 0 saturated carbocycles. The molecule has 21 heavy (non-hydrogen) atoms. The molecule has 1 N–H and O–H groups in total. The molecular formula is C16H22BrClN2O. The second-order valence-corrected chi connectivity index (χ2v) is 7.27. The molecule has 3 aliphatic heterocycles. The van der Waals surface area contributed by atoms with Gasteiger partial charge in [-0.25, -0.2) is 0 Å². The van der Waals surface area contributed by atoms with Gasteiger partial charge in [-0.3, -0.25) is 4.90 Å². The van der Waals surface area contributed by atoms with Crippen LogP contribution in [0.3, 0.4) is 0 Å². The van der Waals surface area contributed by atoms with Crippen LogP contribution in [0.25, 0.3) is 0 Å². The Morgan fingerprint density at radius 2 is 2.14 bits per heavy atom. The molecule has 1 aromatic rings. The maximum atomic E-state index is 5.85. The quantitative estimate of drug-likeness (QED) is 0.863. The van der Waals surface area contributed by atoms with Gasteiger partial charge in [0.25, 0.3) is 0 Å². The normalized spacial score (nSPS) is 27.7. The minimum atomic E-state index is 0. The first-order chi connectivity index (χ1) is 9.79. The Hall–Kier alpha value is -0.290. The molecule has 0 radical (unpaired) electrons. The van der Waals surface area contributed by atoms with E-state index in [0.717, 1.165) is 37.2 Å². The van der Waals surface area contributed by atoms with Gasteiger partial charge < -0.3 is 10.1 Å². The first-order valence-electron chi connectivity index (χ1n) is 7.67. The fourth-order valence-corrected chi connectivity index (χ4v) is 4.51. The number of ether oxygens (including phenoxy) is 1. The summed E-state index contributed by atoms with van der Waals surface area (Å²) in [7, 11) is 0. The van der Waals surface area contributed by atoms with Crippen LogP contribution in [0.5, 0.6) is 5.75 Å². The zero-order valence-corrected chi connectivity index (χ0v) is 14.5. The second kappa shape index (κ2) is 6.45. The van der Waals surface area contributed by atoms with Crippen molar-refractivity contribution in [1.82, 2.24) is 10.2 Å². The van der Waals surface area contributed by atoms with Gasteiger partial charge in [0.1, 0.15) is 5.75 Å². The number of hydrogen-bond donors (Lipinski definition) is 1. The Morgan fingerprint density at radius 3 is 3.05 bits per heavy atom. The predicted molar refractivity (Wildman–Crippen MR) is 90.3 cm³/mol. The predicted octanol–water partition coefficient (Wildman–Crippen LogP) is 2.85. The van der Waals surface area contributed by atoms with E-state index in [9.17, 15) is 0 Å². The molecule has 4 rings (SSSR count). The molecule has 2 fully saturated rings. The lowest BCUT2D eigenvalue weighted by Gasteiger charge is -2.34. The molecule has 0 aliphatic carbocycles. The lowest BCUT2D eigenvalue weighted by atomic mass is 9.88. The average Bonchev–Trinajstić information content (AvgIpc) is 3.05. The number of benzene rings is 1. The van der Waals surface area contributed by atoms with Gasteiger partial charge in [-0.15, -0.1) is 12.4 Å². The van der Waals surface area contributed by atoms with Crippen LogP contribution in [0, 0.1) is 11.8 Å². The van der Waals surface area contributed by atoms with Crippen molar-refractivity contribution in [3.63, 3.8) is 0 Å². The van der Waals surface area contributed by atoms with Crippen molar-refractivity contribution >= 4 is 28.3 Å². The van der Waals surface area contributed by atoms with E-state index >= 15 is 0 Å². The van der Waals surface area contributed by atoms with Crippen LogP contribution in [0.4, 0.5) is 0 Å². The monoisotopic (exact) mass is 372 g/mol. The molecule has 0 bridgehead atoms. The summed E-state index contributed by atoms with van der Waals surface area (Å²) in [6.07, 6.45) is 2.39. The summed E-state index contributed by atoms with van der Waals surface area (Å²) >= 11 is 3.64. The maximum absolute atomic E-state index is 5.85. The summed E-state index contributed by atoms with van der Waals surface area (Å²) in [6, 6.07) is 4.45. The highest BCUT2D eigenvalue weighted by atomic mass is 79.9. The van der Waals surface area contributed by atoms with E-state index in [0.29, 0.717) is 0 Å². The largest absolute Gasteiger partial charge is 0.493 e. The molecule has 2 atom stereocenters. The van der Waals surface area contributed by atoms with Crippen molar-refractivity contribution in [2.75, 3.05) is 32.8 Å². The molecule has 2 saturated heterocycles. The van der Waals surface area contributed by atoms with E-state index in [2.05, 4.69) is 38.3 Å². The number of nitrogens with zero attached hydrogens (tertiary/aromatic N) is 1. The van der Waals surface area contributed by atoms with Gasteiger partial charge in [0.05, 0.1) is 6.61 Å². The Kier molecular flexibility index (Phi) is 4.79. The van der Waals surface area contributed by atoms with Crippen LogP contribution < -0.4 is 10.1 Å². The summed E-state index contributed by atoms with van der Waals surface area (Å²) in [5.41, 5.74) is 2.73. The number of piperidine rings is 1. The Morgan fingerprint density at radius 1 is 1.29 bits per heavy atom. The third-order valence-electron chi connectivity index (χ3n) is 5.01. The summed E-state index contributed by atoms with van der Waals surface area (Å²) < 4.78 is 7.04. The first kappa shape index (κ1) is 15.6. The molecule has 1 aromatic carbocycles. The average molecular weight is 374 g/mol. The van der Waals surface area contributed by atoms with Crippen LogP contribution in [0.1, 0.15) is 17.5 Å². The number of halogens is 2. The minimum Gasteiger partial charge on any atom is -0.493 e. The van der Waals surface area contributed by atoms with E-state index in [1.165, 1.54) is 48.2 Å². The van der Waals surface area contributed by atoms with Gasteiger partial charge in [0, 0.05) is 29.5 Å². The van der Waals surface area contributed by atoms with Crippen molar-refractivity contribution in [3.05, 3.63) is 27.7 Å². The SMILES string of the molecule is Brc1cc2c(c(CN3CCC4CNCC4C3)c1)OCC2.Cl. The Labute approximate surface area is 141 Å². The zero-order chi connectivity index (χ0) is 13.5. The molecule has 0 aromatic heterocycles. The van der Waals surface area contributed by atoms with Crippen molar-refractivity contribution in [2.45, 2.75) is 19.4 Å². The highest BCUT2D eigenvalue weighted by molar-refractivity contribution is 9.10. The summed E-state index contributed by atoms with van der Waals surface area (Å²) in [6.45, 7) is 6.77. The summed E-state index contributed by atoms with van der Waals surface area (Å²) in [5, 5.41) is 3.54. The Balaban J connectivity index is 0.00000132. The smallest absolute Gasteiger partial charge is 0.127 e. The number of nitrogens with one attached hydrogen (secondary N) is 1. The van der Waals surface area contributed by atoms with Crippen LogP contribution in [0.2, 0.25) is 0 Å². The molecule has 3 aliphatic rings. The topological polar surface area (TPSA) is 24.5 Å². The van der Waals surface area contributed by atoms with E-state index in [1.54, 1.807) is 0 Å². The van der Waals surface area contributed by atoms with Gasteiger partial charge >= 0.3 is 0 Å². The highest BCUT2D eigenvalue weighted by Crippen LogP contribution is 2.35. The molecule has 2 unspecified atom stereocenters. The van der Waals surface area contributed by atoms with Gasteiger partial charge in [-0.1, -0.05) is 15.9 Å². The van der Waals surface area contributed by atoms with Gasteiger partial charge in [-0.05, 0) is 55.6 Å². The summed E-state index contributed by atoms with van der Waals surface area (Å²) in [4.78, 5) is 2.61. The van der Waals surface area contributed by atoms with E-state index in [1.807, 2.05) is 0 Å². The van der Waals surface area contributed by atoms with E-state index < -0.39 is 0 Å². The molecule has 3 heterocycles. The molecular weight excluding hydrogens is 352 g/mol. The molecule has 5 heteroatoms. The zero-order valence-electron chi connectivity index (χ0n) is 12.1. The van der Waals surface area contributed by atoms with Crippen LogP contribution in [0.15, 0.2) is 16.6 Å². The first-order valence-corrected chi connectivity index (χ1v) is 8.46. The molecule has 0 spiro atoms. The van der Waals surface area contributed by atoms with E-state index in [-0.39, 0.29) is 12.4 Å². The highest BCUT2D eigenvalue weighted by Gasteiger charge is 2.33. The number of hydrogen-bond acceptors (Lipinski definition) is 3. The maximum Gasteiger partial charge on any atom is 0.127 e. The minimum absolute atomic E-state index is 0. The second-order valence-electron chi connectivity index (χ2n) is 6.35. The number of likely N-dealkylation sites (tertiary alicyclic amines) is 1. The van der Waals surface area contributed by atoms with Crippen LogP contribution in [-0.2, 0) is 13.0 Å². The van der Waals surface area contributed by atoms with Gasteiger partial charge in [0.15, 0.2) is 0 Å². The summed E-state index contributed by atoms with van der Waals surface area (Å²) in [5.74, 6) is 2.92. The van der Waals surface area contributed by atoms with Crippen LogP contribution >= 0.6 is 28.3 Å². The van der Waals surface area contributed by atoms with Crippen molar-refractivity contribution in [1.29, 1.82) is 0 Å². The van der Waals surface area contributed by atoms with Gasteiger partial charge in [0.2, 0.25) is 0 Å². The van der Waals surface area contributed by atoms with E-state index in [4.69, 9.17) is 4.74 Å². The molecule has 0 amide bonds. The fourth-order valence-electron chi connectivity index (χ4n) is 3.96. The third kappa shape index (κ3) is 3.09. The van der Waals surface area contributed by atoms with Crippen molar-refractivity contribution < 1.29 is 4.74 Å². The van der Waals surface area contributed by atoms with Gasteiger partial charge in [-0.2, -0.15) is 0 Å². The standard InChI is InChI=1S/C16H21BrN2O.ClH/c17-15-5-11-2-4-20-16(11)13(6-15)9-19-3-1-12-7-18-8-14(12)10-19;/h5-6,12,14,18H,1-4,7-10H2;1H. The van der Waals surface area contributed by atoms with Crippen molar-refractivity contribution in [2.24, 2.45) is 11.8 Å². The fraction of sp³-hybridized carbons (Fsp3) is 0.625. The number of fused-ring (bicyclic) bond motifs is 2. The lowest BCUT2D eigenvalue weighted by Crippen LogP contribution is -2.39. The Bertz CT molecular complexity index is 525. The third-order valence-corrected chi connectivity index (χ3v) is 5.47. The molecule has 116 valence electrons. The van der Waals surface area contributed by atoms with Crippen molar-refractivity contribution in [3.8, 4) is 5.75 Å². The number of rotatable bonds is 2.